The molecule has 2 aromatic rings. The van der Waals surface area contributed by atoms with Gasteiger partial charge in [-0.15, -0.1) is 0 Å². The summed E-state index contributed by atoms with van der Waals surface area (Å²) < 4.78 is 38.2. The number of carboxylic acids is 1. The maximum atomic E-state index is 12.7. The number of carbonyl (C=O) groups is 3. The highest BCUT2D eigenvalue weighted by molar-refractivity contribution is 6.02. The molecule has 1 atom stereocenters. The van der Waals surface area contributed by atoms with Crippen LogP contribution < -0.4 is 10.6 Å². The van der Waals surface area contributed by atoms with E-state index in [9.17, 15) is 27.6 Å². The van der Waals surface area contributed by atoms with Crippen LogP contribution in [0.3, 0.4) is 0 Å². The van der Waals surface area contributed by atoms with Crippen LogP contribution in [0.15, 0.2) is 54.6 Å². The van der Waals surface area contributed by atoms with E-state index in [4.69, 9.17) is 5.11 Å². The second-order valence-electron chi connectivity index (χ2n) is 5.95. The van der Waals surface area contributed by atoms with Crippen molar-refractivity contribution in [3.05, 3.63) is 65.7 Å². The highest BCUT2D eigenvalue weighted by Crippen LogP contribution is 2.44. The summed E-state index contributed by atoms with van der Waals surface area (Å²) >= 11 is 0. The number of hydrogen-bond donors (Lipinski definition) is 3. The largest absolute Gasteiger partial charge is 0.478 e. The van der Waals surface area contributed by atoms with E-state index in [2.05, 4.69) is 5.32 Å². The normalized spacial score (nSPS) is 15.0. The van der Waals surface area contributed by atoms with Crippen molar-refractivity contribution in [2.75, 3.05) is 5.32 Å². The van der Waals surface area contributed by atoms with E-state index in [0.29, 0.717) is 28.3 Å². The molecule has 0 saturated carbocycles. The van der Waals surface area contributed by atoms with Crippen LogP contribution in [0.5, 0.6) is 0 Å². The third-order valence-electron chi connectivity index (χ3n) is 4.10. The Hall–Kier alpha value is -3.62. The minimum Gasteiger partial charge on any atom is -0.478 e. The minimum absolute atomic E-state index is 0.248. The lowest BCUT2D eigenvalue weighted by Gasteiger charge is -2.17. The second-order valence-corrected chi connectivity index (χ2v) is 5.95. The zero-order valence-electron chi connectivity index (χ0n) is 14.1. The predicted molar refractivity (Wildman–Crippen MR) is 93.3 cm³/mol. The fraction of sp³-hybridized carbons (Fsp3) is 0.105. The Morgan fingerprint density at radius 1 is 0.964 bits per heavy atom. The molecule has 0 bridgehead atoms. The highest BCUT2D eigenvalue weighted by atomic mass is 19.4. The van der Waals surface area contributed by atoms with Gasteiger partial charge in [-0.2, -0.15) is 13.2 Å². The zero-order valence-corrected chi connectivity index (χ0v) is 14.1. The molecule has 0 aromatic heterocycles. The number of benzene rings is 2. The molecule has 0 fully saturated rings. The first-order chi connectivity index (χ1) is 13.2. The highest BCUT2D eigenvalue weighted by Gasteiger charge is 2.42. The first-order valence-corrected chi connectivity index (χ1v) is 8.00. The van der Waals surface area contributed by atoms with Crippen LogP contribution in [0.1, 0.15) is 17.2 Å². The molecule has 1 aliphatic rings. The Morgan fingerprint density at radius 2 is 1.64 bits per heavy atom. The molecule has 0 radical (unpaired) electrons. The lowest BCUT2D eigenvalue weighted by molar-refractivity contribution is -0.174. The summed E-state index contributed by atoms with van der Waals surface area (Å²) in [6.07, 6.45) is -3.57. The van der Waals surface area contributed by atoms with Gasteiger partial charge in [-0.1, -0.05) is 30.3 Å². The van der Waals surface area contributed by atoms with E-state index < -0.39 is 30.0 Å². The van der Waals surface area contributed by atoms with E-state index in [1.165, 1.54) is 12.1 Å². The number of rotatable bonds is 4. The number of amides is 2. The van der Waals surface area contributed by atoms with Crippen LogP contribution in [0.2, 0.25) is 0 Å². The fourth-order valence-electron chi connectivity index (χ4n) is 2.99. The van der Waals surface area contributed by atoms with Gasteiger partial charge in [0.25, 0.3) is 0 Å². The number of nitrogens with one attached hydrogen (secondary N) is 2. The van der Waals surface area contributed by atoms with E-state index in [1.54, 1.807) is 30.3 Å². The average Bonchev–Trinajstić information content (AvgIpc) is 2.93. The molecule has 0 spiro atoms. The molecule has 144 valence electrons. The van der Waals surface area contributed by atoms with E-state index in [0.717, 1.165) is 6.08 Å². The molecule has 2 amide bonds. The summed E-state index contributed by atoms with van der Waals surface area (Å²) in [5.74, 6) is -4.08. The van der Waals surface area contributed by atoms with Crippen molar-refractivity contribution >= 4 is 23.5 Å². The number of fused-ring (bicyclic) bond motifs is 3. The molecular weight excluding hydrogens is 377 g/mol. The van der Waals surface area contributed by atoms with Crippen LogP contribution >= 0.6 is 0 Å². The molecule has 3 N–H and O–H groups in total. The third-order valence-corrected chi connectivity index (χ3v) is 4.10. The van der Waals surface area contributed by atoms with Gasteiger partial charge >= 0.3 is 18.1 Å². The molecule has 0 heterocycles. The summed E-state index contributed by atoms with van der Waals surface area (Å²) in [7, 11) is 0. The Bertz CT molecular complexity index is 999. The maximum Gasteiger partial charge on any atom is 0.471 e. The van der Waals surface area contributed by atoms with Crippen molar-refractivity contribution in [1.82, 2.24) is 5.32 Å². The Kier molecular flexibility index (Phi) is 4.91. The van der Waals surface area contributed by atoms with Crippen molar-refractivity contribution in [3.63, 3.8) is 0 Å². The number of alkyl halides is 3. The van der Waals surface area contributed by atoms with Crippen molar-refractivity contribution in [2.24, 2.45) is 0 Å². The van der Waals surface area contributed by atoms with Crippen LogP contribution in [0.25, 0.3) is 11.1 Å². The van der Waals surface area contributed by atoms with Crippen molar-refractivity contribution in [2.45, 2.75) is 12.2 Å². The van der Waals surface area contributed by atoms with Crippen LogP contribution in [-0.4, -0.2) is 29.1 Å². The predicted octanol–water partition coefficient (Wildman–Crippen LogP) is 3.01. The molecular formula is C19H13F3N2O4. The van der Waals surface area contributed by atoms with Gasteiger partial charge in [0.1, 0.15) is 0 Å². The van der Waals surface area contributed by atoms with Crippen LogP contribution in [-0.2, 0) is 14.4 Å². The minimum atomic E-state index is -5.04. The number of carboxylic acid groups (broad SMARTS) is 1. The van der Waals surface area contributed by atoms with Crippen molar-refractivity contribution in [1.29, 1.82) is 0 Å². The van der Waals surface area contributed by atoms with Crippen LogP contribution in [0.4, 0.5) is 18.9 Å². The first-order valence-electron chi connectivity index (χ1n) is 8.00. The molecule has 28 heavy (non-hydrogen) atoms. The number of hydrogen-bond acceptors (Lipinski definition) is 3. The number of halogens is 3. The van der Waals surface area contributed by atoms with E-state index in [1.807, 2.05) is 5.32 Å². The summed E-state index contributed by atoms with van der Waals surface area (Å²) in [6.45, 7) is 0. The molecule has 6 nitrogen and oxygen atoms in total. The zero-order chi connectivity index (χ0) is 20.5. The average molecular weight is 390 g/mol. The number of aliphatic carboxylic acids is 1. The Morgan fingerprint density at radius 3 is 2.32 bits per heavy atom. The molecule has 0 unspecified atom stereocenters. The molecule has 1 aliphatic carbocycles. The summed E-state index contributed by atoms with van der Waals surface area (Å²) in [5, 5.41) is 13.0. The van der Waals surface area contributed by atoms with E-state index >= 15 is 0 Å². The maximum absolute atomic E-state index is 12.7. The molecule has 9 heteroatoms. The summed E-state index contributed by atoms with van der Waals surface area (Å²) in [6, 6.07) is 10.3. The summed E-state index contributed by atoms with van der Waals surface area (Å²) in [5.41, 5.74) is 2.44. The van der Waals surface area contributed by atoms with Gasteiger partial charge in [0.15, 0.2) is 0 Å². The Balaban J connectivity index is 1.95. The quantitative estimate of drug-likeness (QED) is 0.700. The first kappa shape index (κ1) is 19.2. The van der Waals surface area contributed by atoms with Gasteiger partial charge in [0.2, 0.25) is 5.91 Å². The van der Waals surface area contributed by atoms with Gasteiger partial charge in [-0.3, -0.25) is 9.59 Å². The van der Waals surface area contributed by atoms with Gasteiger partial charge in [-0.25, -0.2) is 4.79 Å². The van der Waals surface area contributed by atoms with Gasteiger partial charge in [-0.05, 0) is 34.4 Å². The Labute approximate surface area is 156 Å². The molecule has 0 saturated heterocycles. The molecule has 2 aromatic carbocycles. The standard InChI is InChI=1S/C19H13F3N2O4/c20-19(21,22)18(28)24-17-13-4-2-1-3-11(13)12-6-5-10(9-14(12)17)23-15(25)7-8-16(26)27/h1-9,17H,(H,23,25)(H,24,28)(H,26,27)/b8-7+/t17-/m1/s1. The summed E-state index contributed by atoms with van der Waals surface area (Å²) in [4.78, 5) is 33.7. The number of carbonyl (C=O) groups excluding carboxylic acids is 2. The molecule has 3 rings (SSSR count). The van der Waals surface area contributed by atoms with Crippen molar-refractivity contribution < 1.29 is 32.7 Å². The fourth-order valence-corrected chi connectivity index (χ4v) is 2.99. The topological polar surface area (TPSA) is 95.5 Å². The monoisotopic (exact) mass is 390 g/mol. The second kappa shape index (κ2) is 7.18. The van der Waals surface area contributed by atoms with Gasteiger partial charge in [0, 0.05) is 17.8 Å². The smallest absolute Gasteiger partial charge is 0.471 e. The SMILES string of the molecule is O=C(O)/C=C/C(=O)Nc1ccc2c(c1)[C@H](NC(=O)C(F)(F)F)c1ccccc1-2. The van der Waals surface area contributed by atoms with Gasteiger partial charge < -0.3 is 15.7 Å². The lowest BCUT2D eigenvalue weighted by Crippen LogP contribution is -2.39. The van der Waals surface area contributed by atoms with Gasteiger partial charge in [0.05, 0.1) is 6.04 Å². The molecule has 0 aliphatic heterocycles. The number of anilines is 1. The van der Waals surface area contributed by atoms with Crippen molar-refractivity contribution in [3.8, 4) is 11.1 Å². The van der Waals surface area contributed by atoms with Crippen LogP contribution in [0, 0.1) is 0 Å². The van der Waals surface area contributed by atoms with E-state index in [-0.39, 0.29) is 5.69 Å². The third kappa shape index (κ3) is 3.88. The lowest BCUT2D eigenvalue weighted by atomic mass is 10.0.